The van der Waals surface area contributed by atoms with E-state index in [1.807, 2.05) is 19.0 Å². The van der Waals surface area contributed by atoms with E-state index >= 15 is 0 Å². The summed E-state index contributed by atoms with van der Waals surface area (Å²) in [5.74, 6) is 0.0120. The molecule has 0 aromatic heterocycles. The second-order valence-electron chi connectivity index (χ2n) is 4.30. The van der Waals surface area contributed by atoms with Gasteiger partial charge >= 0.3 is 0 Å². The fraction of sp³-hybridized carbons (Fsp3) is 0.909. The van der Waals surface area contributed by atoms with Crippen molar-refractivity contribution >= 4 is 5.91 Å². The lowest BCUT2D eigenvalue weighted by Gasteiger charge is -2.22. The zero-order chi connectivity index (χ0) is 12.6. The van der Waals surface area contributed by atoms with Crippen LogP contribution in [-0.4, -0.2) is 69.7 Å². The van der Waals surface area contributed by atoms with Crippen molar-refractivity contribution in [3.8, 4) is 0 Å². The van der Waals surface area contributed by atoms with Gasteiger partial charge in [-0.25, -0.2) is 0 Å². The molecule has 0 rings (SSSR count). The molecule has 0 fully saturated rings. The maximum absolute atomic E-state index is 11.8. The normalized spacial score (nSPS) is 12.9. The Labute approximate surface area is 98.5 Å². The minimum atomic E-state index is -0.401. The smallest absolute Gasteiger partial charge is 0.239 e. The van der Waals surface area contributed by atoms with Crippen molar-refractivity contribution in [1.29, 1.82) is 0 Å². The molecule has 1 unspecified atom stereocenters. The van der Waals surface area contributed by atoms with Gasteiger partial charge in [0.05, 0.1) is 6.04 Å². The van der Waals surface area contributed by atoms with Crippen LogP contribution in [0.4, 0.5) is 0 Å². The van der Waals surface area contributed by atoms with Crippen molar-refractivity contribution < 1.29 is 9.53 Å². The minimum absolute atomic E-state index is 0.0120. The molecule has 0 saturated carbocycles. The second kappa shape index (κ2) is 8.50. The van der Waals surface area contributed by atoms with E-state index in [0.29, 0.717) is 19.6 Å². The van der Waals surface area contributed by atoms with Crippen LogP contribution in [0, 0.1) is 0 Å². The highest BCUT2D eigenvalue weighted by Crippen LogP contribution is 1.99. The number of ether oxygens (including phenoxy) is 1. The van der Waals surface area contributed by atoms with Crippen LogP contribution >= 0.6 is 0 Å². The highest BCUT2D eigenvalue weighted by Gasteiger charge is 2.17. The Morgan fingerprint density at radius 3 is 2.44 bits per heavy atom. The van der Waals surface area contributed by atoms with Crippen LogP contribution in [0.1, 0.15) is 12.8 Å². The van der Waals surface area contributed by atoms with E-state index in [1.165, 1.54) is 0 Å². The number of rotatable bonds is 8. The first-order chi connectivity index (χ1) is 7.49. The number of likely N-dealkylation sites (N-methyl/N-ethyl adjacent to an activating group) is 2. The zero-order valence-corrected chi connectivity index (χ0v) is 10.9. The average Bonchev–Trinajstić information content (AvgIpc) is 2.24. The molecule has 5 nitrogen and oxygen atoms in total. The summed E-state index contributed by atoms with van der Waals surface area (Å²) in [6, 6.07) is -0.401. The molecule has 0 bridgehead atoms. The molecule has 1 amide bonds. The van der Waals surface area contributed by atoms with Crippen LogP contribution < -0.4 is 5.73 Å². The van der Waals surface area contributed by atoms with Gasteiger partial charge in [0, 0.05) is 33.9 Å². The number of carbonyl (C=O) groups is 1. The number of methoxy groups -OCH3 is 1. The summed E-state index contributed by atoms with van der Waals surface area (Å²) < 4.78 is 4.92. The summed E-state index contributed by atoms with van der Waals surface area (Å²) in [6.45, 7) is 2.22. The Morgan fingerprint density at radius 2 is 1.94 bits per heavy atom. The van der Waals surface area contributed by atoms with Gasteiger partial charge in [0.1, 0.15) is 0 Å². The summed E-state index contributed by atoms with van der Waals surface area (Å²) in [5.41, 5.74) is 5.80. The first kappa shape index (κ1) is 15.3. The topological polar surface area (TPSA) is 58.8 Å². The maximum Gasteiger partial charge on any atom is 0.239 e. The molecule has 0 aliphatic rings. The lowest BCUT2D eigenvalue weighted by atomic mass is 10.1. The summed E-state index contributed by atoms with van der Waals surface area (Å²) in [5, 5.41) is 0. The second-order valence-corrected chi connectivity index (χ2v) is 4.30. The van der Waals surface area contributed by atoms with Crippen LogP contribution in [0.25, 0.3) is 0 Å². The molecule has 1 atom stereocenters. The summed E-state index contributed by atoms with van der Waals surface area (Å²) in [7, 11) is 7.41. The summed E-state index contributed by atoms with van der Waals surface area (Å²) >= 11 is 0. The maximum atomic E-state index is 11.8. The highest BCUT2D eigenvalue weighted by atomic mass is 16.5. The molecule has 0 aromatic carbocycles. The third kappa shape index (κ3) is 6.76. The molecule has 0 aromatic rings. The Kier molecular flexibility index (Phi) is 8.15. The highest BCUT2D eigenvalue weighted by molar-refractivity contribution is 5.81. The molecule has 16 heavy (non-hydrogen) atoms. The number of carbonyl (C=O) groups excluding carboxylic acids is 1. The first-order valence-corrected chi connectivity index (χ1v) is 5.63. The van der Waals surface area contributed by atoms with Crippen molar-refractivity contribution in [2.75, 3.05) is 47.9 Å². The largest absolute Gasteiger partial charge is 0.385 e. The van der Waals surface area contributed by atoms with Crippen molar-refractivity contribution in [3.63, 3.8) is 0 Å². The van der Waals surface area contributed by atoms with Gasteiger partial charge in [-0.05, 0) is 26.9 Å². The fourth-order valence-corrected chi connectivity index (χ4v) is 1.31. The van der Waals surface area contributed by atoms with Gasteiger partial charge in [-0.15, -0.1) is 0 Å². The van der Waals surface area contributed by atoms with E-state index in [9.17, 15) is 4.79 Å². The summed E-state index contributed by atoms with van der Waals surface area (Å²) in [6.07, 6.45) is 1.50. The lowest BCUT2D eigenvalue weighted by molar-refractivity contribution is -0.131. The molecule has 0 radical (unpaired) electrons. The molecule has 0 aliphatic heterocycles. The van der Waals surface area contributed by atoms with Crippen LogP contribution in [0.15, 0.2) is 0 Å². The molecular formula is C11H25N3O2. The summed E-state index contributed by atoms with van der Waals surface area (Å²) in [4.78, 5) is 15.5. The first-order valence-electron chi connectivity index (χ1n) is 5.63. The van der Waals surface area contributed by atoms with Gasteiger partial charge in [0.2, 0.25) is 5.91 Å². The van der Waals surface area contributed by atoms with Crippen LogP contribution in [-0.2, 0) is 9.53 Å². The van der Waals surface area contributed by atoms with Gasteiger partial charge in [-0.1, -0.05) is 0 Å². The Morgan fingerprint density at radius 1 is 1.31 bits per heavy atom. The van der Waals surface area contributed by atoms with Gasteiger partial charge in [-0.2, -0.15) is 0 Å². The molecule has 96 valence electrons. The van der Waals surface area contributed by atoms with E-state index in [4.69, 9.17) is 10.5 Å². The predicted octanol–water partition coefficient (Wildman–Crippen LogP) is -0.240. The average molecular weight is 231 g/mol. The van der Waals surface area contributed by atoms with E-state index in [0.717, 1.165) is 13.0 Å². The van der Waals surface area contributed by atoms with E-state index in [-0.39, 0.29) is 5.91 Å². The molecule has 2 N–H and O–H groups in total. The van der Waals surface area contributed by atoms with Crippen molar-refractivity contribution in [3.05, 3.63) is 0 Å². The monoisotopic (exact) mass is 231 g/mol. The van der Waals surface area contributed by atoms with Gasteiger partial charge in [0.25, 0.3) is 0 Å². The van der Waals surface area contributed by atoms with Crippen LogP contribution in [0.3, 0.4) is 0 Å². The van der Waals surface area contributed by atoms with Crippen LogP contribution in [0.2, 0.25) is 0 Å². The molecule has 0 heterocycles. The van der Waals surface area contributed by atoms with Gasteiger partial charge < -0.3 is 20.3 Å². The number of nitrogens with two attached hydrogens (primary N) is 1. The quantitative estimate of drug-likeness (QED) is 0.586. The molecule has 0 saturated heterocycles. The van der Waals surface area contributed by atoms with E-state index in [2.05, 4.69) is 0 Å². The third-order valence-electron chi connectivity index (χ3n) is 2.44. The third-order valence-corrected chi connectivity index (χ3v) is 2.44. The standard InChI is InChI=1S/C11H25N3O2/c1-13(2)7-8-14(3)11(15)10(12)6-5-9-16-4/h10H,5-9,12H2,1-4H3. The molecule has 0 aliphatic carbocycles. The van der Waals surface area contributed by atoms with Crippen molar-refractivity contribution in [2.24, 2.45) is 5.73 Å². The number of amides is 1. The molecular weight excluding hydrogens is 206 g/mol. The predicted molar refractivity (Wildman–Crippen MR) is 65.3 cm³/mol. The minimum Gasteiger partial charge on any atom is -0.385 e. The Bertz CT molecular complexity index is 198. The van der Waals surface area contributed by atoms with Crippen molar-refractivity contribution in [2.45, 2.75) is 18.9 Å². The Balaban J connectivity index is 3.82. The molecule has 5 heteroatoms. The van der Waals surface area contributed by atoms with E-state index < -0.39 is 6.04 Å². The van der Waals surface area contributed by atoms with Crippen molar-refractivity contribution in [1.82, 2.24) is 9.80 Å². The Hall–Kier alpha value is -0.650. The number of hydrogen-bond donors (Lipinski definition) is 1. The van der Waals surface area contributed by atoms with Gasteiger partial charge in [-0.3, -0.25) is 4.79 Å². The SMILES string of the molecule is COCCCC(N)C(=O)N(C)CCN(C)C. The zero-order valence-electron chi connectivity index (χ0n) is 10.9. The molecule has 0 spiro atoms. The number of nitrogens with zero attached hydrogens (tertiary/aromatic N) is 2. The number of hydrogen-bond acceptors (Lipinski definition) is 4. The van der Waals surface area contributed by atoms with E-state index in [1.54, 1.807) is 19.1 Å². The fourth-order valence-electron chi connectivity index (χ4n) is 1.31. The van der Waals surface area contributed by atoms with Crippen LogP contribution in [0.5, 0.6) is 0 Å². The van der Waals surface area contributed by atoms with Gasteiger partial charge in [0.15, 0.2) is 0 Å². The lowest BCUT2D eigenvalue weighted by Crippen LogP contribution is -2.44.